The lowest BCUT2D eigenvalue weighted by Gasteiger charge is -2.15. The number of esters is 1. The Labute approximate surface area is 167 Å². The lowest BCUT2D eigenvalue weighted by molar-refractivity contribution is -0.152. The van der Waals surface area contributed by atoms with E-state index in [2.05, 4.69) is 0 Å². The Balaban J connectivity index is 1.83. The molecule has 2 aromatic carbocycles. The zero-order chi connectivity index (χ0) is 20.3. The highest BCUT2D eigenvalue weighted by Gasteiger charge is 2.18. The van der Waals surface area contributed by atoms with Crippen LogP contribution in [0.2, 0.25) is 5.02 Å². The molecule has 0 saturated carbocycles. The van der Waals surface area contributed by atoms with Crippen LogP contribution in [0.5, 0.6) is 5.75 Å². The van der Waals surface area contributed by atoms with Crippen molar-refractivity contribution in [2.45, 2.75) is 26.9 Å². The zero-order valence-corrected chi connectivity index (χ0v) is 16.7. The van der Waals surface area contributed by atoms with E-state index in [4.69, 9.17) is 25.5 Å². The third kappa shape index (κ3) is 4.54. The van der Waals surface area contributed by atoms with Crippen molar-refractivity contribution in [3.8, 4) is 16.9 Å². The van der Waals surface area contributed by atoms with Crippen LogP contribution in [0.3, 0.4) is 0 Å². The van der Waals surface area contributed by atoms with Gasteiger partial charge in [0.25, 0.3) is 0 Å². The summed E-state index contributed by atoms with van der Waals surface area (Å²) in [6.45, 7) is 5.88. The summed E-state index contributed by atoms with van der Waals surface area (Å²) in [4.78, 5) is 24.8. The van der Waals surface area contributed by atoms with Crippen molar-refractivity contribution in [2.75, 3.05) is 6.61 Å². The normalized spacial score (nSPS) is 12.2. The fourth-order valence-corrected chi connectivity index (χ4v) is 2.76. The standard InChI is InChI=1S/C22H21ClO5/c1-13(2)11-27-22(25)14(3)28-17-8-9-18-20(10-17)26-12-19(21(18)24)15-4-6-16(23)7-5-15/h4-10,12-14H,11H2,1-3H3/t14-/m0/s1. The molecule has 0 N–H and O–H groups in total. The third-order valence-corrected chi connectivity index (χ3v) is 4.36. The number of rotatable bonds is 6. The van der Waals surface area contributed by atoms with Crippen LogP contribution in [0.4, 0.5) is 0 Å². The molecular weight excluding hydrogens is 380 g/mol. The molecule has 1 aromatic heterocycles. The van der Waals surface area contributed by atoms with Gasteiger partial charge in [-0.15, -0.1) is 0 Å². The average molecular weight is 401 g/mol. The maximum Gasteiger partial charge on any atom is 0.347 e. The van der Waals surface area contributed by atoms with E-state index in [9.17, 15) is 9.59 Å². The average Bonchev–Trinajstić information content (AvgIpc) is 2.67. The Hall–Kier alpha value is -2.79. The molecule has 0 aliphatic heterocycles. The summed E-state index contributed by atoms with van der Waals surface area (Å²) in [7, 11) is 0. The van der Waals surface area contributed by atoms with E-state index in [1.807, 2.05) is 13.8 Å². The molecule has 5 nitrogen and oxygen atoms in total. The first-order valence-corrected chi connectivity index (χ1v) is 9.37. The first-order chi connectivity index (χ1) is 13.3. The SMILES string of the molecule is CC(C)COC(=O)[C@H](C)Oc1ccc2c(=O)c(-c3ccc(Cl)cc3)coc2c1. The van der Waals surface area contributed by atoms with Gasteiger partial charge < -0.3 is 13.9 Å². The fraction of sp³-hybridized carbons (Fsp3) is 0.273. The lowest BCUT2D eigenvalue weighted by atomic mass is 10.1. The van der Waals surface area contributed by atoms with Crippen molar-refractivity contribution in [1.29, 1.82) is 0 Å². The summed E-state index contributed by atoms with van der Waals surface area (Å²) >= 11 is 5.90. The quantitative estimate of drug-likeness (QED) is 0.540. The van der Waals surface area contributed by atoms with E-state index in [-0.39, 0.29) is 11.3 Å². The molecule has 1 atom stereocenters. The highest BCUT2D eigenvalue weighted by atomic mass is 35.5. The summed E-state index contributed by atoms with van der Waals surface area (Å²) in [5.74, 6) is 0.234. The van der Waals surface area contributed by atoms with Crippen LogP contribution in [0, 0.1) is 5.92 Å². The number of hydrogen-bond donors (Lipinski definition) is 0. The van der Waals surface area contributed by atoms with Crippen molar-refractivity contribution < 1.29 is 18.7 Å². The van der Waals surface area contributed by atoms with Crippen molar-refractivity contribution in [2.24, 2.45) is 5.92 Å². The zero-order valence-electron chi connectivity index (χ0n) is 15.9. The van der Waals surface area contributed by atoms with Gasteiger partial charge in [-0.1, -0.05) is 37.6 Å². The molecule has 0 radical (unpaired) electrons. The monoisotopic (exact) mass is 400 g/mol. The Morgan fingerprint density at radius 3 is 2.50 bits per heavy atom. The van der Waals surface area contributed by atoms with E-state index in [1.54, 1.807) is 49.4 Å². The molecule has 0 saturated heterocycles. The van der Waals surface area contributed by atoms with Gasteiger partial charge in [-0.05, 0) is 42.7 Å². The van der Waals surface area contributed by atoms with Gasteiger partial charge in [0, 0.05) is 11.1 Å². The number of ether oxygens (including phenoxy) is 2. The van der Waals surface area contributed by atoms with Gasteiger partial charge >= 0.3 is 5.97 Å². The van der Waals surface area contributed by atoms with E-state index in [0.29, 0.717) is 33.9 Å². The van der Waals surface area contributed by atoms with Crippen LogP contribution >= 0.6 is 11.6 Å². The van der Waals surface area contributed by atoms with Crippen molar-refractivity contribution in [3.05, 3.63) is 64.0 Å². The molecule has 0 bridgehead atoms. The Bertz CT molecular complexity index is 1040. The lowest BCUT2D eigenvalue weighted by Crippen LogP contribution is -2.27. The predicted octanol–water partition coefficient (Wildman–Crippen LogP) is 5.08. The van der Waals surface area contributed by atoms with Crippen LogP contribution in [0.25, 0.3) is 22.1 Å². The highest BCUT2D eigenvalue weighted by Crippen LogP contribution is 2.24. The molecule has 6 heteroatoms. The fourth-order valence-electron chi connectivity index (χ4n) is 2.63. The minimum Gasteiger partial charge on any atom is -0.479 e. The van der Waals surface area contributed by atoms with Crippen LogP contribution in [0.15, 0.2) is 57.9 Å². The Morgan fingerprint density at radius 2 is 1.82 bits per heavy atom. The number of hydrogen-bond acceptors (Lipinski definition) is 5. The number of benzene rings is 2. The summed E-state index contributed by atoms with van der Waals surface area (Å²) in [5, 5.41) is 1.02. The molecule has 0 aliphatic carbocycles. The van der Waals surface area contributed by atoms with Crippen molar-refractivity contribution in [1.82, 2.24) is 0 Å². The van der Waals surface area contributed by atoms with Crippen LogP contribution in [-0.2, 0) is 9.53 Å². The second kappa shape index (κ2) is 8.48. The summed E-state index contributed by atoms with van der Waals surface area (Å²) < 4.78 is 16.4. The van der Waals surface area contributed by atoms with E-state index < -0.39 is 12.1 Å². The number of carbonyl (C=O) groups is 1. The number of fused-ring (bicyclic) bond motifs is 1. The molecular formula is C22H21ClO5. The maximum atomic E-state index is 12.8. The van der Waals surface area contributed by atoms with E-state index in [1.165, 1.54) is 6.26 Å². The molecule has 28 heavy (non-hydrogen) atoms. The molecule has 0 spiro atoms. The molecule has 0 fully saturated rings. The van der Waals surface area contributed by atoms with Gasteiger partial charge in [0.2, 0.25) is 0 Å². The summed E-state index contributed by atoms with van der Waals surface area (Å²) in [5.41, 5.74) is 1.40. The van der Waals surface area contributed by atoms with E-state index >= 15 is 0 Å². The van der Waals surface area contributed by atoms with Crippen LogP contribution in [0.1, 0.15) is 20.8 Å². The topological polar surface area (TPSA) is 65.7 Å². The minimum atomic E-state index is -0.767. The number of halogens is 1. The number of carbonyl (C=O) groups excluding carboxylic acids is 1. The van der Waals surface area contributed by atoms with E-state index in [0.717, 1.165) is 5.56 Å². The van der Waals surface area contributed by atoms with Gasteiger partial charge in [0.15, 0.2) is 11.5 Å². The predicted molar refractivity (Wildman–Crippen MR) is 109 cm³/mol. The molecule has 0 unspecified atom stereocenters. The van der Waals surface area contributed by atoms with Crippen molar-refractivity contribution in [3.63, 3.8) is 0 Å². The second-order valence-corrected chi connectivity index (χ2v) is 7.36. The van der Waals surface area contributed by atoms with Gasteiger partial charge in [-0.25, -0.2) is 4.79 Å². The highest BCUT2D eigenvalue weighted by molar-refractivity contribution is 6.30. The van der Waals surface area contributed by atoms with Crippen molar-refractivity contribution >= 4 is 28.5 Å². The molecule has 146 valence electrons. The first kappa shape index (κ1) is 20.0. The molecule has 0 amide bonds. The summed E-state index contributed by atoms with van der Waals surface area (Å²) in [6.07, 6.45) is 0.647. The maximum absolute atomic E-state index is 12.8. The molecule has 0 aliphatic rings. The van der Waals surface area contributed by atoms with Gasteiger partial charge in [-0.3, -0.25) is 4.79 Å². The van der Waals surface area contributed by atoms with Gasteiger partial charge in [0.1, 0.15) is 17.6 Å². The Morgan fingerprint density at radius 1 is 1.11 bits per heavy atom. The largest absolute Gasteiger partial charge is 0.479 e. The minimum absolute atomic E-state index is 0.153. The van der Waals surface area contributed by atoms with Crippen LogP contribution in [-0.4, -0.2) is 18.7 Å². The smallest absolute Gasteiger partial charge is 0.347 e. The molecule has 3 rings (SSSR count). The van der Waals surface area contributed by atoms with Crippen LogP contribution < -0.4 is 10.2 Å². The third-order valence-electron chi connectivity index (χ3n) is 4.11. The Kier molecular flexibility index (Phi) is 6.05. The molecule has 1 heterocycles. The molecule has 3 aromatic rings. The summed E-state index contributed by atoms with van der Waals surface area (Å²) in [6, 6.07) is 11.8. The second-order valence-electron chi connectivity index (χ2n) is 6.93. The van der Waals surface area contributed by atoms with Gasteiger partial charge in [-0.2, -0.15) is 0 Å². The first-order valence-electron chi connectivity index (χ1n) is 9.00. The van der Waals surface area contributed by atoms with Gasteiger partial charge in [0.05, 0.1) is 17.6 Å².